The lowest BCUT2D eigenvalue weighted by Gasteiger charge is -2.24. The third kappa shape index (κ3) is 2.46. The first kappa shape index (κ1) is 12.0. The molecule has 0 radical (unpaired) electrons. The second kappa shape index (κ2) is 4.09. The van der Waals surface area contributed by atoms with Gasteiger partial charge in [0.2, 0.25) is 0 Å². The minimum atomic E-state index is -1.15. The smallest absolute Gasteiger partial charge is 0.107 e. The summed E-state index contributed by atoms with van der Waals surface area (Å²) < 4.78 is 0. The number of rotatable bonds is 2. The molecule has 0 saturated carbocycles. The zero-order valence-electron chi connectivity index (χ0n) is 10.3. The molecule has 0 saturated heterocycles. The average molecular weight is 231 g/mol. The van der Waals surface area contributed by atoms with Crippen molar-refractivity contribution in [1.82, 2.24) is 4.98 Å². The van der Waals surface area contributed by atoms with Gasteiger partial charge in [0.25, 0.3) is 0 Å². The van der Waals surface area contributed by atoms with Crippen molar-refractivity contribution in [3.05, 3.63) is 41.6 Å². The Morgan fingerprint density at radius 2 is 1.88 bits per heavy atom. The molecule has 90 valence electrons. The fourth-order valence-electron chi connectivity index (χ4n) is 1.82. The minimum Gasteiger partial charge on any atom is -0.387 e. The van der Waals surface area contributed by atoms with E-state index in [2.05, 4.69) is 4.98 Å². The highest BCUT2D eigenvalue weighted by Crippen LogP contribution is 2.27. The summed E-state index contributed by atoms with van der Waals surface area (Å²) in [4.78, 5) is 4.39. The fraction of sp³-hybridized carbons (Fsp3) is 0.357. The number of nitrogens with zero attached hydrogens (tertiary/aromatic N) is 1. The molecule has 1 unspecified atom stereocenters. The molecule has 0 aliphatic carbocycles. The van der Waals surface area contributed by atoms with Crippen LogP contribution >= 0.6 is 0 Å². The van der Waals surface area contributed by atoms with Crippen LogP contribution in [-0.2, 0) is 0 Å². The monoisotopic (exact) mass is 231 g/mol. The van der Waals surface area contributed by atoms with E-state index < -0.39 is 11.7 Å². The molecular formula is C14H17NO2. The Labute approximate surface area is 101 Å². The summed E-state index contributed by atoms with van der Waals surface area (Å²) in [6.07, 6.45) is -0.895. The van der Waals surface area contributed by atoms with E-state index in [1.165, 1.54) is 0 Å². The van der Waals surface area contributed by atoms with Crippen LogP contribution in [0.2, 0.25) is 0 Å². The molecule has 3 nitrogen and oxygen atoms in total. The summed E-state index contributed by atoms with van der Waals surface area (Å²) >= 11 is 0. The van der Waals surface area contributed by atoms with Crippen molar-refractivity contribution in [2.45, 2.75) is 32.5 Å². The van der Waals surface area contributed by atoms with Crippen molar-refractivity contribution < 1.29 is 10.2 Å². The van der Waals surface area contributed by atoms with Gasteiger partial charge in [0, 0.05) is 11.1 Å². The van der Waals surface area contributed by atoms with Gasteiger partial charge in [-0.25, -0.2) is 0 Å². The standard InChI is InChI=1S/C14H17NO2/c1-9-4-5-10-8-11(6-7-12(10)15-9)13(16)14(2,3)17/h4-8,13,16-17H,1-3H3. The van der Waals surface area contributed by atoms with Gasteiger partial charge >= 0.3 is 0 Å². The summed E-state index contributed by atoms with van der Waals surface area (Å²) in [5, 5.41) is 20.8. The average Bonchev–Trinajstić information content (AvgIpc) is 2.26. The van der Waals surface area contributed by atoms with Gasteiger partial charge in [0.15, 0.2) is 0 Å². The number of pyridine rings is 1. The third-order valence-electron chi connectivity index (χ3n) is 2.84. The van der Waals surface area contributed by atoms with Crippen molar-refractivity contribution in [1.29, 1.82) is 0 Å². The van der Waals surface area contributed by atoms with Crippen LogP contribution in [0.15, 0.2) is 30.3 Å². The molecule has 1 atom stereocenters. The molecule has 2 aromatic rings. The lowest BCUT2D eigenvalue weighted by Crippen LogP contribution is -2.28. The number of hydrogen-bond donors (Lipinski definition) is 2. The van der Waals surface area contributed by atoms with Crippen LogP contribution in [-0.4, -0.2) is 20.8 Å². The largest absolute Gasteiger partial charge is 0.387 e. The maximum atomic E-state index is 10.0. The van der Waals surface area contributed by atoms with Gasteiger partial charge in [0.1, 0.15) is 6.10 Å². The summed E-state index contributed by atoms with van der Waals surface area (Å²) in [5.74, 6) is 0. The van der Waals surface area contributed by atoms with Crippen LogP contribution in [0.5, 0.6) is 0 Å². The number of aliphatic hydroxyl groups excluding tert-OH is 1. The van der Waals surface area contributed by atoms with Crippen molar-refractivity contribution in [2.75, 3.05) is 0 Å². The van der Waals surface area contributed by atoms with E-state index in [-0.39, 0.29) is 0 Å². The highest BCUT2D eigenvalue weighted by atomic mass is 16.3. The predicted molar refractivity (Wildman–Crippen MR) is 67.7 cm³/mol. The number of aryl methyl sites for hydroxylation is 1. The van der Waals surface area contributed by atoms with Crippen LogP contribution in [0.25, 0.3) is 10.9 Å². The Morgan fingerprint density at radius 1 is 1.18 bits per heavy atom. The third-order valence-corrected chi connectivity index (χ3v) is 2.84. The Kier molecular flexibility index (Phi) is 2.89. The summed E-state index contributed by atoms with van der Waals surface area (Å²) in [7, 11) is 0. The van der Waals surface area contributed by atoms with E-state index >= 15 is 0 Å². The molecule has 1 aromatic heterocycles. The fourth-order valence-corrected chi connectivity index (χ4v) is 1.82. The van der Waals surface area contributed by atoms with Gasteiger partial charge < -0.3 is 10.2 Å². The first-order chi connectivity index (χ1) is 7.88. The van der Waals surface area contributed by atoms with Crippen LogP contribution in [0.1, 0.15) is 31.2 Å². The molecule has 0 spiro atoms. The summed E-state index contributed by atoms with van der Waals surface area (Å²) in [5.41, 5.74) is 1.42. The van der Waals surface area contributed by atoms with E-state index in [1.807, 2.05) is 31.2 Å². The lowest BCUT2D eigenvalue weighted by atomic mass is 9.94. The first-order valence-corrected chi connectivity index (χ1v) is 5.66. The Hall–Kier alpha value is -1.45. The zero-order valence-corrected chi connectivity index (χ0v) is 10.3. The number of hydrogen-bond acceptors (Lipinski definition) is 3. The van der Waals surface area contributed by atoms with E-state index in [9.17, 15) is 10.2 Å². The summed E-state index contributed by atoms with van der Waals surface area (Å²) in [6.45, 7) is 5.13. The van der Waals surface area contributed by atoms with Gasteiger partial charge in [-0.15, -0.1) is 0 Å². The highest BCUT2D eigenvalue weighted by molar-refractivity contribution is 5.79. The van der Waals surface area contributed by atoms with Crippen LogP contribution in [0.3, 0.4) is 0 Å². The summed E-state index contributed by atoms with van der Waals surface area (Å²) in [6, 6.07) is 9.44. The number of aromatic nitrogens is 1. The topological polar surface area (TPSA) is 53.4 Å². The van der Waals surface area contributed by atoms with E-state index in [1.54, 1.807) is 19.9 Å². The Morgan fingerprint density at radius 3 is 2.53 bits per heavy atom. The maximum Gasteiger partial charge on any atom is 0.107 e. The quantitative estimate of drug-likeness (QED) is 0.834. The molecule has 1 heterocycles. The van der Waals surface area contributed by atoms with Crippen molar-refractivity contribution in [2.24, 2.45) is 0 Å². The SMILES string of the molecule is Cc1ccc2cc(C(O)C(C)(C)O)ccc2n1. The predicted octanol–water partition coefficient (Wildman–Crippen LogP) is 2.35. The molecule has 0 aliphatic heterocycles. The second-order valence-corrected chi connectivity index (χ2v) is 4.96. The van der Waals surface area contributed by atoms with Gasteiger partial charge in [-0.2, -0.15) is 0 Å². The number of aliphatic hydroxyl groups is 2. The van der Waals surface area contributed by atoms with Crippen molar-refractivity contribution >= 4 is 10.9 Å². The molecular weight excluding hydrogens is 214 g/mol. The lowest BCUT2D eigenvalue weighted by molar-refractivity contribution is -0.0496. The van der Waals surface area contributed by atoms with Gasteiger partial charge in [0.05, 0.1) is 11.1 Å². The van der Waals surface area contributed by atoms with Crippen LogP contribution in [0.4, 0.5) is 0 Å². The number of fused-ring (bicyclic) bond motifs is 1. The normalized spacial score (nSPS) is 13.9. The minimum absolute atomic E-state index is 0.704. The van der Waals surface area contributed by atoms with Gasteiger partial charge in [-0.05, 0) is 44.5 Å². The second-order valence-electron chi connectivity index (χ2n) is 4.96. The molecule has 2 rings (SSSR count). The number of benzene rings is 1. The molecule has 2 N–H and O–H groups in total. The zero-order chi connectivity index (χ0) is 12.6. The molecule has 0 amide bonds. The highest BCUT2D eigenvalue weighted by Gasteiger charge is 2.26. The molecule has 1 aromatic carbocycles. The van der Waals surface area contributed by atoms with Gasteiger partial charge in [-0.3, -0.25) is 4.98 Å². The molecule has 3 heteroatoms. The molecule has 0 bridgehead atoms. The van der Waals surface area contributed by atoms with Crippen molar-refractivity contribution in [3.8, 4) is 0 Å². The van der Waals surface area contributed by atoms with Crippen LogP contribution < -0.4 is 0 Å². The van der Waals surface area contributed by atoms with Crippen LogP contribution in [0, 0.1) is 6.92 Å². The molecule has 0 fully saturated rings. The first-order valence-electron chi connectivity index (χ1n) is 5.66. The maximum absolute atomic E-state index is 10.0. The molecule has 17 heavy (non-hydrogen) atoms. The van der Waals surface area contributed by atoms with E-state index in [0.29, 0.717) is 5.56 Å². The van der Waals surface area contributed by atoms with Crippen molar-refractivity contribution in [3.63, 3.8) is 0 Å². The van der Waals surface area contributed by atoms with E-state index in [4.69, 9.17) is 0 Å². The van der Waals surface area contributed by atoms with Gasteiger partial charge in [-0.1, -0.05) is 12.1 Å². The Balaban J connectivity index is 2.48. The van der Waals surface area contributed by atoms with E-state index in [0.717, 1.165) is 16.6 Å². The molecule has 0 aliphatic rings. The Bertz CT molecular complexity index is 543.